The molecule has 18 heavy (non-hydrogen) atoms. The molecule has 0 radical (unpaired) electrons. The predicted octanol–water partition coefficient (Wildman–Crippen LogP) is 4.67. The Morgan fingerprint density at radius 2 is 1.61 bits per heavy atom. The van der Waals surface area contributed by atoms with Crippen LogP contribution in [0.2, 0.25) is 10.0 Å². The van der Waals surface area contributed by atoms with Gasteiger partial charge >= 0.3 is 0 Å². The van der Waals surface area contributed by atoms with Gasteiger partial charge in [0.05, 0.1) is 10.0 Å². The van der Waals surface area contributed by atoms with E-state index in [4.69, 9.17) is 23.2 Å². The van der Waals surface area contributed by atoms with Crippen LogP contribution in [0, 0.1) is 12.7 Å². The van der Waals surface area contributed by atoms with Crippen LogP contribution in [0.1, 0.15) is 21.5 Å². The van der Waals surface area contributed by atoms with Gasteiger partial charge in [0.25, 0.3) is 0 Å². The molecule has 2 aromatic carbocycles. The molecule has 0 heterocycles. The number of halogens is 3. The lowest BCUT2D eigenvalue weighted by molar-refractivity contribution is 0.103. The summed E-state index contributed by atoms with van der Waals surface area (Å²) in [5.41, 5.74) is 1.28. The van der Waals surface area contributed by atoms with Crippen molar-refractivity contribution < 1.29 is 9.18 Å². The van der Waals surface area contributed by atoms with Crippen molar-refractivity contribution in [3.05, 3.63) is 69.0 Å². The normalized spacial score (nSPS) is 10.4. The molecule has 0 amide bonds. The van der Waals surface area contributed by atoms with E-state index >= 15 is 0 Å². The van der Waals surface area contributed by atoms with Crippen molar-refractivity contribution in [3.63, 3.8) is 0 Å². The molecule has 0 aliphatic heterocycles. The van der Waals surface area contributed by atoms with Crippen LogP contribution < -0.4 is 0 Å². The summed E-state index contributed by atoms with van der Waals surface area (Å²) in [6, 6.07) is 8.90. The highest BCUT2D eigenvalue weighted by Crippen LogP contribution is 2.24. The number of hydrogen-bond acceptors (Lipinski definition) is 1. The zero-order valence-electron chi connectivity index (χ0n) is 9.51. The van der Waals surface area contributed by atoms with Crippen molar-refractivity contribution in [2.75, 3.05) is 0 Å². The monoisotopic (exact) mass is 282 g/mol. The molecule has 0 unspecified atom stereocenters. The average molecular weight is 283 g/mol. The van der Waals surface area contributed by atoms with Gasteiger partial charge in [-0.3, -0.25) is 4.79 Å². The van der Waals surface area contributed by atoms with E-state index < -0.39 is 0 Å². The number of hydrogen-bond donors (Lipinski definition) is 0. The Morgan fingerprint density at radius 1 is 1.00 bits per heavy atom. The zero-order chi connectivity index (χ0) is 13.3. The van der Waals surface area contributed by atoms with E-state index in [-0.39, 0.29) is 11.6 Å². The van der Waals surface area contributed by atoms with Gasteiger partial charge < -0.3 is 0 Å². The molecule has 0 atom stereocenters. The van der Waals surface area contributed by atoms with Crippen molar-refractivity contribution >= 4 is 29.0 Å². The standard InChI is InChI=1S/C14H9Cl2FO/c1-8-6-9(3-5-13(8)17)14(18)10-2-4-11(15)12(16)7-10/h2-7H,1H3. The van der Waals surface area contributed by atoms with Gasteiger partial charge in [-0.2, -0.15) is 0 Å². The molecular formula is C14H9Cl2FO. The summed E-state index contributed by atoms with van der Waals surface area (Å²) in [5.74, 6) is -0.544. The third-order valence-corrected chi connectivity index (χ3v) is 3.34. The van der Waals surface area contributed by atoms with Crippen molar-refractivity contribution in [1.82, 2.24) is 0 Å². The number of carbonyl (C=O) groups excluding carboxylic acids is 1. The number of benzene rings is 2. The molecule has 0 saturated carbocycles. The lowest BCUT2D eigenvalue weighted by Gasteiger charge is -2.04. The minimum absolute atomic E-state index is 0.211. The fourth-order valence-corrected chi connectivity index (χ4v) is 1.89. The highest BCUT2D eigenvalue weighted by molar-refractivity contribution is 6.42. The number of ketones is 1. The van der Waals surface area contributed by atoms with Crippen LogP contribution in [0.25, 0.3) is 0 Å². The Labute approximate surface area is 114 Å². The first kappa shape index (κ1) is 13.1. The summed E-state index contributed by atoms with van der Waals surface area (Å²) in [5, 5.41) is 0.713. The van der Waals surface area contributed by atoms with Crippen molar-refractivity contribution in [2.45, 2.75) is 6.92 Å². The van der Waals surface area contributed by atoms with E-state index in [9.17, 15) is 9.18 Å². The Kier molecular flexibility index (Phi) is 3.69. The summed E-state index contributed by atoms with van der Waals surface area (Å²) in [4.78, 5) is 12.1. The molecule has 0 aliphatic carbocycles. The van der Waals surface area contributed by atoms with Crippen LogP contribution in [0.15, 0.2) is 36.4 Å². The van der Waals surface area contributed by atoms with Gasteiger partial charge in [0.1, 0.15) is 5.82 Å². The fraction of sp³-hybridized carbons (Fsp3) is 0.0714. The molecule has 1 nitrogen and oxygen atoms in total. The first-order chi connectivity index (χ1) is 8.49. The molecule has 2 rings (SSSR count). The van der Waals surface area contributed by atoms with Crippen LogP contribution >= 0.6 is 23.2 Å². The summed E-state index contributed by atoms with van der Waals surface area (Å²) < 4.78 is 13.1. The minimum Gasteiger partial charge on any atom is -0.289 e. The van der Waals surface area contributed by atoms with Crippen LogP contribution in [0.5, 0.6) is 0 Å². The second-order valence-corrected chi connectivity index (χ2v) is 4.74. The van der Waals surface area contributed by atoms with E-state index in [2.05, 4.69) is 0 Å². The van der Waals surface area contributed by atoms with Gasteiger partial charge in [-0.25, -0.2) is 4.39 Å². The number of rotatable bonds is 2. The lowest BCUT2D eigenvalue weighted by Crippen LogP contribution is -2.02. The van der Waals surface area contributed by atoms with Gasteiger partial charge in [0.15, 0.2) is 5.78 Å². The summed E-state index contributed by atoms with van der Waals surface area (Å²) in [7, 11) is 0. The van der Waals surface area contributed by atoms with E-state index in [1.54, 1.807) is 19.1 Å². The lowest BCUT2D eigenvalue weighted by atomic mass is 10.0. The third-order valence-electron chi connectivity index (χ3n) is 2.60. The molecule has 0 N–H and O–H groups in total. The van der Waals surface area contributed by atoms with Crippen molar-refractivity contribution in [1.29, 1.82) is 0 Å². The molecule has 0 aromatic heterocycles. The maximum Gasteiger partial charge on any atom is 0.193 e. The smallest absolute Gasteiger partial charge is 0.193 e. The molecule has 92 valence electrons. The van der Waals surface area contributed by atoms with Gasteiger partial charge in [-0.15, -0.1) is 0 Å². The third kappa shape index (κ3) is 2.55. The van der Waals surface area contributed by atoms with Crippen LogP contribution in [0.3, 0.4) is 0 Å². The van der Waals surface area contributed by atoms with E-state index in [0.717, 1.165) is 0 Å². The largest absolute Gasteiger partial charge is 0.289 e. The average Bonchev–Trinajstić information content (AvgIpc) is 2.35. The summed E-state index contributed by atoms with van der Waals surface area (Å²) in [6.45, 7) is 1.61. The topological polar surface area (TPSA) is 17.1 Å². The Balaban J connectivity index is 2.41. The quantitative estimate of drug-likeness (QED) is 0.732. The molecule has 0 aliphatic rings. The Bertz CT molecular complexity index is 570. The summed E-state index contributed by atoms with van der Waals surface area (Å²) >= 11 is 11.6. The molecular weight excluding hydrogens is 274 g/mol. The predicted molar refractivity (Wildman–Crippen MR) is 71.0 cm³/mol. The molecule has 4 heteroatoms. The molecule has 0 fully saturated rings. The van der Waals surface area contributed by atoms with Gasteiger partial charge in [-0.1, -0.05) is 23.2 Å². The number of carbonyl (C=O) groups is 1. The van der Waals surface area contributed by atoms with Crippen LogP contribution in [-0.2, 0) is 0 Å². The Hall–Kier alpha value is -1.38. The SMILES string of the molecule is Cc1cc(C(=O)c2ccc(Cl)c(Cl)c2)ccc1F. The van der Waals surface area contributed by atoms with Gasteiger partial charge in [-0.05, 0) is 48.9 Å². The van der Waals surface area contributed by atoms with Crippen LogP contribution in [0.4, 0.5) is 4.39 Å². The van der Waals surface area contributed by atoms with E-state index in [1.165, 1.54) is 24.3 Å². The van der Waals surface area contributed by atoms with Gasteiger partial charge in [0, 0.05) is 11.1 Å². The number of aryl methyl sites for hydroxylation is 1. The molecule has 0 bridgehead atoms. The van der Waals surface area contributed by atoms with E-state index in [0.29, 0.717) is 26.7 Å². The first-order valence-electron chi connectivity index (χ1n) is 5.25. The second kappa shape index (κ2) is 5.09. The maximum absolute atomic E-state index is 13.1. The van der Waals surface area contributed by atoms with Crippen LogP contribution in [-0.4, -0.2) is 5.78 Å². The zero-order valence-corrected chi connectivity index (χ0v) is 11.0. The van der Waals surface area contributed by atoms with Gasteiger partial charge in [0.2, 0.25) is 0 Å². The Morgan fingerprint density at radius 3 is 2.22 bits per heavy atom. The fourth-order valence-electron chi connectivity index (χ4n) is 1.59. The highest BCUT2D eigenvalue weighted by atomic mass is 35.5. The first-order valence-corrected chi connectivity index (χ1v) is 6.00. The molecule has 0 saturated heterocycles. The molecule has 0 spiro atoms. The van der Waals surface area contributed by atoms with Crippen molar-refractivity contribution in [2.24, 2.45) is 0 Å². The van der Waals surface area contributed by atoms with Crippen molar-refractivity contribution in [3.8, 4) is 0 Å². The highest BCUT2D eigenvalue weighted by Gasteiger charge is 2.12. The second-order valence-electron chi connectivity index (χ2n) is 3.92. The minimum atomic E-state index is -0.333. The molecule has 2 aromatic rings. The van der Waals surface area contributed by atoms with E-state index in [1.807, 2.05) is 0 Å². The summed E-state index contributed by atoms with van der Waals surface area (Å²) in [6.07, 6.45) is 0. The maximum atomic E-state index is 13.1.